The van der Waals surface area contributed by atoms with Crippen LogP contribution in [0.5, 0.6) is 0 Å². The van der Waals surface area contributed by atoms with E-state index in [1.54, 1.807) is 0 Å². The number of halogens is 1. The molecule has 0 radical (unpaired) electrons. The quantitative estimate of drug-likeness (QED) is 0.370. The predicted molar refractivity (Wildman–Crippen MR) is 90.2 cm³/mol. The minimum absolute atomic E-state index is 1.01. The summed E-state index contributed by atoms with van der Waals surface area (Å²) >= 11 is 3.50. The third-order valence-corrected chi connectivity index (χ3v) is 5.19. The molecule has 1 rings (SSSR count). The molecule has 0 N–H and O–H groups in total. The van der Waals surface area contributed by atoms with E-state index in [2.05, 4.69) is 27.8 Å². The van der Waals surface area contributed by atoms with Crippen molar-refractivity contribution in [3.8, 4) is 0 Å². The van der Waals surface area contributed by atoms with Crippen molar-refractivity contribution < 1.29 is 0 Å². The molecule has 1 nitrogen and oxygen atoms in total. The molecule has 2 heteroatoms. The van der Waals surface area contributed by atoms with Crippen LogP contribution in [0.4, 0.5) is 0 Å². The fourth-order valence-electron chi connectivity index (χ4n) is 3.17. The lowest BCUT2D eigenvalue weighted by atomic mass is 9.98. The first kappa shape index (κ1) is 17.5. The summed E-state index contributed by atoms with van der Waals surface area (Å²) in [4.78, 5) is 2.72. The zero-order chi connectivity index (χ0) is 13.8. The van der Waals surface area contributed by atoms with Gasteiger partial charge in [-0.1, -0.05) is 61.4 Å². The Bertz CT molecular complexity index is 196. The molecule has 0 aromatic heterocycles. The second-order valence-electron chi connectivity index (χ2n) is 6.21. The summed E-state index contributed by atoms with van der Waals surface area (Å²) < 4.78 is 0. The topological polar surface area (TPSA) is 3.24 Å². The van der Waals surface area contributed by atoms with E-state index in [4.69, 9.17) is 0 Å². The predicted octanol–water partition coefficient (Wildman–Crippen LogP) is 5.62. The molecule has 0 aromatic carbocycles. The van der Waals surface area contributed by atoms with Crippen molar-refractivity contribution in [2.45, 2.75) is 77.6 Å². The van der Waals surface area contributed by atoms with Crippen molar-refractivity contribution >= 4 is 15.9 Å². The van der Waals surface area contributed by atoms with Crippen LogP contribution in [0.15, 0.2) is 0 Å². The maximum atomic E-state index is 3.50. The fourth-order valence-corrected chi connectivity index (χ4v) is 3.57. The Kier molecular flexibility index (Phi) is 11.2. The van der Waals surface area contributed by atoms with Gasteiger partial charge in [0, 0.05) is 5.33 Å². The largest absolute Gasteiger partial charge is 0.303 e. The van der Waals surface area contributed by atoms with Crippen molar-refractivity contribution in [3.05, 3.63) is 0 Å². The summed E-state index contributed by atoms with van der Waals surface area (Å²) in [5.74, 6) is 1.01. The molecule has 0 aromatic rings. The van der Waals surface area contributed by atoms with Crippen LogP contribution in [-0.2, 0) is 0 Å². The van der Waals surface area contributed by atoms with Gasteiger partial charge in [-0.05, 0) is 57.7 Å². The molecule has 1 saturated heterocycles. The van der Waals surface area contributed by atoms with Gasteiger partial charge in [0.25, 0.3) is 0 Å². The number of hydrogen-bond donors (Lipinski definition) is 0. The molecule has 1 fully saturated rings. The van der Waals surface area contributed by atoms with E-state index in [-0.39, 0.29) is 0 Å². The molecule has 1 unspecified atom stereocenters. The molecule has 0 bridgehead atoms. The second-order valence-corrected chi connectivity index (χ2v) is 7.00. The second kappa shape index (κ2) is 12.2. The van der Waals surface area contributed by atoms with Gasteiger partial charge < -0.3 is 4.90 Å². The third-order valence-electron chi connectivity index (χ3n) is 4.63. The lowest BCUT2D eigenvalue weighted by Gasteiger charge is -2.19. The van der Waals surface area contributed by atoms with Gasteiger partial charge in [-0.2, -0.15) is 0 Å². The van der Waals surface area contributed by atoms with Crippen LogP contribution in [0.2, 0.25) is 0 Å². The summed E-state index contributed by atoms with van der Waals surface area (Å²) in [6, 6.07) is 0. The highest BCUT2D eigenvalue weighted by Gasteiger charge is 2.14. The number of hydrogen-bond acceptors (Lipinski definition) is 1. The number of rotatable bonds is 10. The van der Waals surface area contributed by atoms with E-state index >= 15 is 0 Å². The highest BCUT2D eigenvalue weighted by Crippen LogP contribution is 2.20. The van der Waals surface area contributed by atoms with E-state index in [0.717, 1.165) is 5.92 Å². The van der Waals surface area contributed by atoms with E-state index < -0.39 is 0 Å². The average Bonchev–Trinajstić information content (AvgIpc) is 2.67. The fraction of sp³-hybridized carbons (Fsp3) is 1.00. The Balaban J connectivity index is 1.91. The van der Waals surface area contributed by atoms with Gasteiger partial charge in [-0.15, -0.1) is 0 Å². The maximum absolute atomic E-state index is 3.50. The first-order valence-electron chi connectivity index (χ1n) is 8.65. The van der Waals surface area contributed by atoms with Crippen molar-refractivity contribution in [1.29, 1.82) is 0 Å². The van der Waals surface area contributed by atoms with Crippen LogP contribution in [0, 0.1) is 5.92 Å². The van der Waals surface area contributed by atoms with Crippen LogP contribution in [0.1, 0.15) is 77.6 Å². The third kappa shape index (κ3) is 9.07. The zero-order valence-corrected chi connectivity index (χ0v) is 14.6. The number of nitrogens with zero attached hydrogens (tertiary/aromatic N) is 1. The van der Waals surface area contributed by atoms with Gasteiger partial charge in [0.2, 0.25) is 0 Å². The zero-order valence-electron chi connectivity index (χ0n) is 13.0. The number of likely N-dealkylation sites (tertiary alicyclic amines) is 1. The summed E-state index contributed by atoms with van der Waals surface area (Å²) in [5, 5.41) is 1.18. The van der Waals surface area contributed by atoms with Crippen molar-refractivity contribution in [2.75, 3.05) is 25.0 Å². The Labute approximate surface area is 129 Å². The van der Waals surface area contributed by atoms with Crippen LogP contribution < -0.4 is 0 Å². The molecular formula is C17H34BrN. The Morgan fingerprint density at radius 3 is 2.26 bits per heavy atom. The highest BCUT2D eigenvalue weighted by molar-refractivity contribution is 9.09. The van der Waals surface area contributed by atoms with Crippen LogP contribution in [0.25, 0.3) is 0 Å². The molecule has 19 heavy (non-hydrogen) atoms. The van der Waals surface area contributed by atoms with Crippen LogP contribution in [-0.4, -0.2) is 29.9 Å². The molecule has 1 heterocycles. The molecule has 1 aliphatic heterocycles. The van der Waals surface area contributed by atoms with E-state index in [9.17, 15) is 0 Å². The summed E-state index contributed by atoms with van der Waals surface area (Å²) in [7, 11) is 0. The SMILES string of the molecule is CCC1CCCN(CCCCCCCCCBr)CC1. The molecule has 114 valence electrons. The first-order valence-corrected chi connectivity index (χ1v) is 9.77. The van der Waals surface area contributed by atoms with Gasteiger partial charge in [0.05, 0.1) is 0 Å². The highest BCUT2D eigenvalue weighted by atomic mass is 79.9. The monoisotopic (exact) mass is 331 g/mol. The standard InChI is InChI=1S/C17H34BrN/c1-2-17-11-10-15-19(16-12-17)14-9-7-5-3-4-6-8-13-18/h17H,2-16H2,1H3. The van der Waals surface area contributed by atoms with E-state index in [0.29, 0.717) is 0 Å². The molecular weight excluding hydrogens is 298 g/mol. The lowest BCUT2D eigenvalue weighted by Crippen LogP contribution is -2.25. The Morgan fingerprint density at radius 1 is 0.895 bits per heavy atom. The molecule has 0 spiro atoms. The van der Waals surface area contributed by atoms with Crippen molar-refractivity contribution in [3.63, 3.8) is 0 Å². The molecule has 1 atom stereocenters. The van der Waals surface area contributed by atoms with Gasteiger partial charge in [0.1, 0.15) is 0 Å². The lowest BCUT2D eigenvalue weighted by molar-refractivity contribution is 0.273. The van der Waals surface area contributed by atoms with Gasteiger partial charge >= 0.3 is 0 Å². The van der Waals surface area contributed by atoms with E-state index in [1.807, 2.05) is 0 Å². The van der Waals surface area contributed by atoms with Crippen molar-refractivity contribution in [2.24, 2.45) is 5.92 Å². The first-order chi connectivity index (χ1) is 9.36. The van der Waals surface area contributed by atoms with Crippen LogP contribution in [0.3, 0.4) is 0 Å². The molecule has 0 amide bonds. The van der Waals surface area contributed by atoms with E-state index in [1.165, 1.54) is 95.6 Å². The summed E-state index contributed by atoms with van der Waals surface area (Å²) in [6.07, 6.45) is 15.7. The van der Waals surface area contributed by atoms with Gasteiger partial charge in [-0.25, -0.2) is 0 Å². The summed E-state index contributed by atoms with van der Waals surface area (Å²) in [5.41, 5.74) is 0. The normalized spacial score (nSPS) is 21.5. The molecule has 0 saturated carbocycles. The van der Waals surface area contributed by atoms with Gasteiger partial charge in [-0.3, -0.25) is 0 Å². The minimum Gasteiger partial charge on any atom is -0.303 e. The maximum Gasteiger partial charge on any atom is 0.00313 e. The smallest absolute Gasteiger partial charge is 0.00313 e. The Morgan fingerprint density at radius 2 is 1.58 bits per heavy atom. The average molecular weight is 332 g/mol. The molecule has 1 aliphatic rings. The number of alkyl halides is 1. The van der Waals surface area contributed by atoms with Crippen molar-refractivity contribution in [1.82, 2.24) is 4.90 Å². The Hall–Kier alpha value is 0.440. The number of unbranched alkanes of at least 4 members (excludes halogenated alkanes) is 6. The van der Waals surface area contributed by atoms with Crippen LogP contribution >= 0.6 is 15.9 Å². The molecule has 0 aliphatic carbocycles. The van der Waals surface area contributed by atoms with Gasteiger partial charge in [0.15, 0.2) is 0 Å². The minimum atomic E-state index is 1.01. The summed E-state index contributed by atoms with van der Waals surface area (Å²) in [6.45, 7) is 6.44.